The van der Waals surface area contributed by atoms with Gasteiger partial charge in [0.05, 0.1) is 13.2 Å². The largest absolute Gasteiger partial charge is 0.493 e. The van der Waals surface area contributed by atoms with Gasteiger partial charge < -0.3 is 14.6 Å². The van der Waals surface area contributed by atoms with Crippen molar-refractivity contribution in [3.8, 4) is 17.2 Å². The predicted octanol–water partition coefficient (Wildman–Crippen LogP) is 4.24. The summed E-state index contributed by atoms with van der Waals surface area (Å²) in [5.41, 5.74) is 1.53. The smallest absolute Gasteiger partial charge is 0.169 e. The lowest BCUT2D eigenvalue weighted by atomic mass is 10.1. The van der Waals surface area contributed by atoms with Crippen molar-refractivity contribution in [2.75, 3.05) is 7.11 Å². The van der Waals surface area contributed by atoms with Crippen LogP contribution in [0.2, 0.25) is 0 Å². The molecule has 4 heteroatoms. The summed E-state index contributed by atoms with van der Waals surface area (Å²) in [6, 6.07) is 9.74. The molecule has 2 aromatic carbocycles. The molecule has 0 aliphatic rings. The second-order valence-corrected chi connectivity index (χ2v) is 4.80. The van der Waals surface area contributed by atoms with Crippen LogP contribution in [0.1, 0.15) is 31.1 Å². The first kappa shape index (κ1) is 15.3. The molecule has 2 aromatic rings. The summed E-state index contributed by atoms with van der Waals surface area (Å²) >= 11 is 0. The zero-order valence-corrected chi connectivity index (χ0v) is 12.4. The van der Waals surface area contributed by atoms with Crippen molar-refractivity contribution >= 4 is 0 Å². The number of hydrogen-bond donors (Lipinski definition) is 1. The highest BCUT2D eigenvalue weighted by atomic mass is 19.1. The molecule has 0 spiro atoms. The minimum Gasteiger partial charge on any atom is -0.493 e. The zero-order chi connectivity index (χ0) is 15.4. The number of benzene rings is 2. The normalized spacial score (nSPS) is 12.0. The number of aryl methyl sites for hydroxylation is 1. The maximum Gasteiger partial charge on any atom is 0.169 e. The molecule has 3 nitrogen and oxygen atoms in total. The molecule has 21 heavy (non-hydrogen) atoms. The maximum absolute atomic E-state index is 13.3. The topological polar surface area (TPSA) is 38.7 Å². The molecule has 0 aliphatic heterocycles. The van der Waals surface area contributed by atoms with E-state index in [4.69, 9.17) is 9.47 Å². The quantitative estimate of drug-likeness (QED) is 0.895. The predicted molar refractivity (Wildman–Crippen MR) is 79.5 cm³/mol. The minimum atomic E-state index is -0.823. The van der Waals surface area contributed by atoms with Crippen LogP contribution < -0.4 is 9.47 Å². The Morgan fingerprint density at radius 1 is 1.10 bits per heavy atom. The summed E-state index contributed by atoms with van der Waals surface area (Å²) in [7, 11) is 1.57. The first-order chi connectivity index (χ1) is 10.0. The fraction of sp³-hybridized carbons (Fsp3) is 0.294. The van der Waals surface area contributed by atoms with Gasteiger partial charge in [0.25, 0.3) is 0 Å². The molecule has 0 heterocycles. The fourth-order valence-corrected chi connectivity index (χ4v) is 2.07. The van der Waals surface area contributed by atoms with Gasteiger partial charge in [-0.3, -0.25) is 0 Å². The summed E-state index contributed by atoms with van der Waals surface area (Å²) in [5.74, 6) is 1.14. The van der Waals surface area contributed by atoms with Gasteiger partial charge in [-0.1, -0.05) is 13.0 Å². The second kappa shape index (κ2) is 6.59. The van der Waals surface area contributed by atoms with E-state index in [0.717, 1.165) is 12.0 Å². The Kier molecular flexibility index (Phi) is 4.81. The van der Waals surface area contributed by atoms with Gasteiger partial charge in [0.1, 0.15) is 11.6 Å². The Hall–Kier alpha value is -2.07. The number of halogens is 1. The maximum atomic E-state index is 13.3. The van der Waals surface area contributed by atoms with Crippen molar-refractivity contribution in [1.29, 1.82) is 0 Å². The molecule has 0 saturated carbocycles. The summed E-state index contributed by atoms with van der Waals surface area (Å²) in [6.07, 6.45) is 0.0724. The van der Waals surface area contributed by atoms with Crippen LogP contribution in [0.15, 0.2) is 36.4 Å². The van der Waals surface area contributed by atoms with Crippen molar-refractivity contribution in [1.82, 2.24) is 0 Å². The van der Waals surface area contributed by atoms with Gasteiger partial charge in [0, 0.05) is 5.56 Å². The van der Waals surface area contributed by atoms with Crippen molar-refractivity contribution < 1.29 is 19.0 Å². The van der Waals surface area contributed by atoms with E-state index in [2.05, 4.69) is 6.92 Å². The molecule has 112 valence electrons. The third kappa shape index (κ3) is 3.52. The lowest BCUT2D eigenvalue weighted by Crippen LogP contribution is -1.98. The molecule has 0 fully saturated rings. The molecule has 0 aliphatic carbocycles. The fourth-order valence-electron chi connectivity index (χ4n) is 2.07. The number of hydrogen-bond acceptors (Lipinski definition) is 3. The van der Waals surface area contributed by atoms with E-state index in [-0.39, 0.29) is 0 Å². The van der Waals surface area contributed by atoms with E-state index in [1.807, 2.05) is 18.2 Å². The highest BCUT2D eigenvalue weighted by Gasteiger charge is 2.14. The van der Waals surface area contributed by atoms with Crippen LogP contribution in [0.3, 0.4) is 0 Å². The lowest BCUT2D eigenvalue weighted by molar-refractivity contribution is 0.195. The van der Waals surface area contributed by atoms with Crippen molar-refractivity contribution in [2.24, 2.45) is 0 Å². The Morgan fingerprint density at radius 3 is 2.43 bits per heavy atom. The first-order valence-electron chi connectivity index (χ1n) is 6.87. The Morgan fingerprint density at radius 2 is 1.81 bits per heavy atom. The monoisotopic (exact) mass is 290 g/mol. The minimum absolute atomic E-state index is 0.400. The van der Waals surface area contributed by atoms with Gasteiger partial charge in [-0.25, -0.2) is 4.39 Å². The van der Waals surface area contributed by atoms with E-state index < -0.39 is 11.9 Å². The van der Waals surface area contributed by atoms with Gasteiger partial charge in [-0.05, 0) is 49.2 Å². The average molecular weight is 290 g/mol. The molecule has 0 aromatic heterocycles. The Balaban J connectivity index is 2.38. The standard InChI is InChI=1S/C17H19FO3/c1-4-12-5-7-16(17(9-12)20-3)21-15-8-6-13(18)10-14(15)11(2)19/h5-11,19H,4H2,1-3H3. The third-order valence-electron chi connectivity index (χ3n) is 3.28. The highest BCUT2D eigenvalue weighted by Crippen LogP contribution is 2.36. The van der Waals surface area contributed by atoms with E-state index in [9.17, 15) is 9.50 Å². The van der Waals surface area contributed by atoms with Gasteiger partial charge in [-0.15, -0.1) is 0 Å². The number of aliphatic hydroxyl groups excluding tert-OH is 1. The summed E-state index contributed by atoms with van der Waals surface area (Å²) in [6.45, 7) is 3.62. The van der Waals surface area contributed by atoms with Crippen LogP contribution in [0.25, 0.3) is 0 Å². The molecule has 1 unspecified atom stereocenters. The first-order valence-corrected chi connectivity index (χ1v) is 6.87. The molecular formula is C17H19FO3. The Labute approximate surface area is 124 Å². The van der Waals surface area contributed by atoms with Gasteiger partial charge in [0.2, 0.25) is 0 Å². The summed E-state index contributed by atoms with van der Waals surface area (Å²) in [4.78, 5) is 0. The van der Waals surface area contributed by atoms with E-state index in [0.29, 0.717) is 22.8 Å². The van der Waals surface area contributed by atoms with Crippen molar-refractivity contribution in [2.45, 2.75) is 26.4 Å². The molecule has 1 atom stereocenters. The van der Waals surface area contributed by atoms with Gasteiger partial charge in [0.15, 0.2) is 11.5 Å². The Bertz CT molecular complexity index is 623. The molecule has 0 bridgehead atoms. The number of rotatable bonds is 5. The highest BCUT2D eigenvalue weighted by molar-refractivity contribution is 5.47. The number of ether oxygens (including phenoxy) is 2. The summed E-state index contributed by atoms with van der Waals surface area (Å²) in [5, 5.41) is 9.74. The third-order valence-corrected chi connectivity index (χ3v) is 3.28. The van der Waals surface area contributed by atoms with E-state index >= 15 is 0 Å². The number of methoxy groups -OCH3 is 1. The zero-order valence-electron chi connectivity index (χ0n) is 12.4. The van der Waals surface area contributed by atoms with E-state index in [1.54, 1.807) is 14.0 Å². The van der Waals surface area contributed by atoms with Crippen molar-refractivity contribution in [3.05, 3.63) is 53.3 Å². The van der Waals surface area contributed by atoms with Crippen LogP contribution in [-0.4, -0.2) is 12.2 Å². The van der Waals surface area contributed by atoms with Crippen molar-refractivity contribution in [3.63, 3.8) is 0 Å². The van der Waals surface area contributed by atoms with Crippen LogP contribution in [0.5, 0.6) is 17.2 Å². The SMILES string of the molecule is CCc1ccc(Oc2ccc(F)cc2C(C)O)c(OC)c1. The molecule has 0 saturated heterocycles. The molecule has 2 rings (SSSR count). The van der Waals surface area contributed by atoms with Crippen LogP contribution >= 0.6 is 0 Å². The van der Waals surface area contributed by atoms with Gasteiger partial charge in [-0.2, -0.15) is 0 Å². The number of aliphatic hydroxyl groups is 1. The van der Waals surface area contributed by atoms with Gasteiger partial charge >= 0.3 is 0 Å². The van der Waals surface area contributed by atoms with Crippen LogP contribution in [-0.2, 0) is 6.42 Å². The van der Waals surface area contributed by atoms with Crippen LogP contribution in [0, 0.1) is 5.82 Å². The molecule has 1 N–H and O–H groups in total. The average Bonchev–Trinajstić information content (AvgIpc) is 2.49. The molecular weight excluding hydrogens is 271 g/mol. The molecule has 0 amide bonds. The molecule has 0 radical (unpaired) electrons. The van der Waals surface area contributed by atoms with E-state index in [1.165, 1.54) is 18.2 Å². The second-order valence-electron chi connectivity index (χ2n) is 4.80. The van der Waals surface area contributed by atoms with Crippen LogP contribution in [0.4, 0.5) is 4.39 Å². The summed E-state index contributed by atoms with van der Waals surface area (Å²) < 4.78 is 24.4. The lowest BCUT2D eigenvalue weighted by Gasteiger charge is -2.15.